The normalized spacial score (nSPS) is 15.7. The lowest BCUT2D eigenvalue weighted by molar-refractivity contribution is 0.0932. The summed E-state index contributed by atoms with van der Waals surface area (Å²) in [5.74, 6) is 0.780. The molecule has 0 bridgehead atoms. The topological polar surface area (TPSA) is 83.0 Å². The zero-order chi connectivity index (χ0) is 24.0. The Bertz CT molecular complexity index is 1250. The molecule has 1 aliphatic heterocycles. The SMILES string of the molecule is C[C@H](Nc1nc(C(=O)NCC2CCN(Cc3ccccc3)CC2)c2sccc2n1)c1ccccn1. The second kappa shape index (κ2) is 10.9. The molecule has 1 amide bonds. The van der Waals surface area contributed by atoms with Crippen LogP contribution in [0, 0.1) is 5.92 Å². The Kier molecular flexibility index (Phi) is 7.30. The lowest BCUT2D eigenvalue weighted by Crippen LogP contribution is -2.38. The van der Waals surface area contributed by atoms with E-state index in [2.05, 4.69) is 60.8 Å². The van der Waals surface area contributed by atoms with Gasteiger partial charge in [0, 0.05) is 19.3 Å². The van der Waals surface area contributed by atoms with Gasteiger partial charge in [-0.3, -0.25) is 14.7 Å². The largest absolute Gasteiger partial charge is 0.350 e. The van der Waals surface area contributed by atoms with Crippen LogP contribution in [0.2, 0.25) is 0 Å². The molecule has 1 saturated heterocycles. The molecule has 1 aliphatic rings. The van der Waals surface area contributed by atoms with Gasteiger partial charge in [0.05, 0.1) is 22.0 Å². The van der Waals surface area contributed by atoms with Gasteiger partial charge in [0.15, 0.2) is 5.69 Å². The molecular weight excluding hydrogens is 456 g/mol. The first-order valence-electron chi connectivity index (χ1n) is 12.1. The molecule has 8 heteroatoms. The van der Waals surface area contributed by atoms with Crippen LogP contribution in [0.1, 0.15) is 47.6 Å². The van der Waals surface area contributed by atoms with Crippen molar-refractivity contribution in [3.63, 3.8) is 0 Å². The summed E-state index contributed by atoms with van der Waals surface area (Å²) in [5.41, 5.74) is 3.46. The molecule has 180 valence electrons. The number of nitrogens with zero attached hydrogens (tertiary/aromatic N) is 4. The van der Waals surface area contributed by atoms with Crippen molar-refractivity contribution < 1.29 is 4.79 Å². The Morgan fingerprint density at radius 3 is 2.66 bits per heavy atom. The van der Waals surface area contributed by atoms with Gasteiger partial charge in [-0.1, -0.05) is 36.4 Å². The number of carbonyl (C=O) groups is 1. The van der Waals surface area contributed by atoms with Gasteiger partial charge in [0.2, 0.25) is 5.95 Å². The number of nitrogens with one attached hydrogen (secondary N) is 2. The molecule has 1 aromatic carbocycles. The second-order valence-electron chi connectivity index (χ2n) is 9.07. The Hall–Kier alpha value is -3.36. The van der Waals surface area contributed by atoms with Crippen LogP contribution < -0.4 is 10.6 Å². The number of aromatic nitrogens is 3. The van der Waals surface area contributed by atoms with Crippen LogP contribution in [0.15, 0.2) is 66.2 Å². The number of amides is 1. The van der Waals surface area contributed by atoms with E-state index in [1.54, 1.807) is 6.20 Å². The number of carbonyl (C=O) groups excluding carboxylic acids is 1. The fraction of sp³-hybridized carbons (Fsp3) is 0.333. The number of pyridine rings is 1. The molecule has 1 atom stereocenters. The highest BCUT2D eigenvalue weighted by atomic mass is 32.1. The Labute approximate surface area is 209 Å². The third kappa shape index (κ3) is 5.83. The summed E-state index contributed by atoms with van der Waals surface area (Å²) < 4.78 is 0.816. The van der Waals surface area contributed by atoms with Gasteiger partial charge in [-0.15, -0.1) is 11.3 Å². The summed E-state index contributed by atoms with van der Waals surface area (Å²) in [4.78, 5) is 29.3. The number of hydrogen-bond donors (Lipinski definition) is 2. The number of piperidine rings is 1. The first kappa shape index (κ1) is 23.4. The summed E-state index contributed by atoms with van der Waals surface area (Å²) in [7, 11) is 0. The number of rotatable bonds is 8. The quantitative estimate of drug-likeness (QED) is 0.369. The maximum Gasteiger partial charge on any atom is 0.271 e. The lowest BCUT2D eigenvalue weighted by Gasteiger charge is -2.32. The second-order valence-corrected chi connectivity index (χ2v) is 9.98. The van der Waals surface area contributed by atoms with Crippen molar-refractivity contribution in [2.45, 2.75) is 32.4 Å². The Morgan fingerprint density at radius 1 is 1.09 bits per heavy atom. The van der Waals surface area contributed by atoms with E-state index >= 15 is 0 Å². The van der Waals surface area contributed by atoms with E-state index in [4.69, 9.17) is 0 Å². The van der Waals surface area contributed by atoms with Crippen LogP contribution in [0.5, 0.6) is 0 Å². The summed E-state index contributed by atoms with van der Waals surface area (Å²) >= 11 is 1.50. The van der Waals surface area contributed by atoms with Crippen molar-refractivity contribution in [2.75, 3.05) is 25.0 Å². The van der Waals surface area contributed by atoms with E-state index in [0.717, 1.165) is 48.4 Å². The molecule has 5 rings (SSSR count). The van der Waals surface area contributed by atoms with Gasteiger partial charge in [-0.25, -0.2) is 9.97 Å². The number of fused-ring (bicyclic) bond motifs is 1. The van der Waals surface area contributed by atoms with E-state index in [-0.39, 0.29) is 11.9 Å². The lowest BCUT2D eigenvalue weighted by atomic mass is 9.96. The third-order valence-electron chi connectivity index (χ3n) is 6.50. The van der Waals surface area contributed by atoms with Crippen molar-refractivity contribution in [1.82, 2.24) is 25.2 Å². The van der Waals surface area contributed by atoms with Crippen LogP contribution in [0.3, 0.4) is 0 Å². The number of thiophene rings is 1. The zero-order valence-electron chi connectivity index (χ0n) is 19.9. The van der Waals surface area contributed by atoms with Gasteiger partial charge in [0.1, 0.15) is 0 Å². The maximum atomic E-state index is 13.2. The van der Waals surface area contributed by atoms with Gasteiger partial charge in [-0.05, 0) is 67.9 Å². The molecule has 3 aromatic heterocycles. The summed E-state index contributed by atoms with van der Waals surface area (Å²) in [6.07, 6.45) is 3.93. The zero-order valence-corrected chi connectivity index (χ0v) is 20.7. The summed E-state index contributed by atoms with van der Waals surface area (Å²) in [6, 6.07) is 18.2. The smallest absolute Gasteiger partial charge is 0.271 e. The van der Waals surface area contributed by atoms with Crippen molar-refractivity contribution in [3.05, 3.63) is 83.1 Å². The van der Waals surface area contributed by atoms with Crippen molar-refractivity contribution in [2.24, 2.45) is 5.92 Å². The minimum atomic E-state index is -0.139. The minimum Gasteiger partial charge on any atom is -0.350 e. The number of hydrogen-bond acceptors (Lipinski definition) is 7. The molecule has 4 aromatic rings. The highest BCUT2D eigenvalue weighted by Gasteiger charge is 2.22. The van der Waals surface area contributed by atoms with E-state index < -0.39 is 0 Å². The molecule has 0 radical (unpaired) electrons. The molecule has 35 heavy (non-hydrogen) atoms. The summed E-state index contributed by atoms with van der Waals surface area (Å²) in [6.45, 7) is 5.77. The first-order valence-corrected chi connectivity index (χ1v) is 13.0. The monoisotopic (exact) mass is 486 g/mol. The minimum absolute atomic E-state index is 0.0794. The van der Waals surface area contributed by atoms with Crippen LogP contribution in [0.4, 0.5) is 5.95 Å². The first-order chi connectivity index (χ1) is 17.2. The van der Waals surface area contributed by atoms with Gasteiger partial charge in [-0.2, -0.15) is 0 Å². The summed E-state index contributed by atoms with van der Waals surface area (Å²) in [5, 5.41) is 8.40. The fourth-order valence-corrected chi connectivity index (χ4v) is 5.31. The van der Waals surface area contributed by atoms with Crippen LogP contribution in [-0.2, 0) is 6.54 Å². The van der Waals surface area contributed by atoms with Gasteiger partial charge >= 0.3 is 0 Å². The Morgan fingerprint density at radius 2 is 1.89 bits per heavy atom. The van der Waals surface area contributed by atoms with Gasteiger partial charge in [0.25, 0.3) is 5.91 Å². The highest BCUT2D eigenvalue weighted by molar-refractivity contribution is 7.17. The van der Waals surface area contributed by atoms with E-state index in [9.17, 15) is 4.79 Å². The number of benzene rings is 1. The molecule has 4 heterocycles. The molecule has 0 unspecified atom stereocenters. The average molecular weight is 487 g/mol. The van der Waals surface area contributed by atoms with Crippen LogP contribution >= 0.6 is 11.3 Å². The third-order valence-corrected chi connectivity index (χ3v) is 7.41. The fourth-order valence-electron chi connectivity index (χ4n) is 4.49. The van der Waals surface area contributed by atoms with Crippen LogP contribution in [0.25, 0.3) is 10.2 Å². The maximum absolute atomic E-state index is 13.2. The average Bonchev–Trinajstić information content (AvgIpc) is 3.37. The molecule has 7 nitrogen and oxygen atoms in total. The molecule has 0 aliphatic carbocycles. The van der Waals surface area contributed by atoms with E-state index in [0.29, 0.717) is 24.1 Å². The molecule has 0 saturated carbocycles. The van der Waals surface area contributed by atoms with Crippen molar-refractivity contribution in [3.8, 4) is 0 Å². The van der Waals surface area contributed by atoms with E-state index in [1.807, 2.05) is 36.6 Å². The molecule has 2 N–H and O–H groups in total. The van der Waals surface area contributed by atoms with Crippen LogP contribution in [-0.4, -0.2) is 45.4 Å². The molecule has 0 spiro atoms. The molecular formula is C27H30N6OS. The number of likely N-dealkylation sites (tertiary alicyclic amines) is 1. The standard InChI is InChI=1S/C27H30N6OS/c1-19(22-9-5-6-13-28-22)30-27-31-23-12-16-35-25(23)24(32-27)26(34)29-17-20-10-14-33(15-11-20)18-21-7-3-2-4-8-21/h2-9,12-13,16,19-20H,10-11,14-15,17-18H2,1H3,(H,29,34)(H,30,31,32)/t19-/m0/s1. The highest BCUT2D eigenvalue weighted by Crippen LogP contribution is 2.25. The van der Waals surface area contributed by atoms with Crippen molar-refractivity contribution in [1.29, 1.82) is 0 Å². The Balaban J connectivity index is 1.19. The van der Waals surface area contributed by atoms with E-state index in [1.165, 1.54) is 16.9 Å². The van der Waals surface area contributed by atoms with Crippen molar-refractivity contribution >= 4 is 33.4 Å². The molecule has 1 fully saturated rings. The van der Waals surface area contributed by atoms with Gasteiger partial charge < -0.3 is 10.6 Å². The predicted molar refractivity (Wildman–Crippen MR) is 140 cm³/mol. The number of anilines is 1. The predicted octanol–water partition coefficient (Wildman–Crippen LogP) is 4.90.